The van der Waals surface area contributed by atoms with Gasteiger partial charge in [0.15, 0.2) is 0 Å². The van der Waals surface area contributed by atoms with Gasteiger partial charge in [-0.3, -0.25) is 0 Å². The largest absolute Gasteiger partial charge is 0.367 e. The number of hydrogen-bond donors (Lipinski definition) is 1. The summed E-state index contributed by atoms with van der Waals surface area (Å²) in [6, 6.07) is 11.1. The molecule has 0 amide bonds. The molecule has 0 radical (unpaired) electrons. The number of rotatable bonds is 4. The Morgan fingerprint density at radius 2 is 2.00 bits per heavy atom. The van der Waals surface area contributed by atoms with E-state index in [0.29, 0.717) is 12.6 Å². The highest BCUT2D eigenvalue weighted by Crippen LogP contribution is 2.22. The standard InChI is InChI=1S/C18H23N3O/c1-2-6-14(7-3-1)17-12-21-11-16(22-13-18(21)20-17)10-19-15-8-4-5-9-15/h1-3,6-7,12,15-16,19H,4-5,8-11,13H2. The van der Waals surface area contributed by atoms with E-state index >= 15 is 0 Å². The Morgan fingerprint density at radius 3 is 2.82 bits per heavy atom. The van der Waals surface area contributed by atoms with Crippen LogP contribution in [0.4, 0.5) is 0 Å². The van der Waals surface area contributed by atoms with Crippen LogP contribution in [0.3, 0.4) is 0 Å². The average Bonchev–Trinajstić information content (AvgIpc) is 3.22. The van der Waals surface area contributed by atoms with Gasteiger partial charge in [0.25, 0.3) is 0 Å². The van der Waals surface area contributed by atoms with Crippen molar-refractivity contribution in [1.82, 2.24) is 14.9 Å². The zero-order chi connectivity index (χ0) is 14.8. The molecule has 1 fully saturated rings. The number of nitrogens with one attached hydrogen (secondary N) is 1. The fourth-order valence-electron chi connectivity index (χ4n) is 3.49. The van der Waals surface area contributed by atoms with Gasteiger partial charge in [-0.05, 0) is 12.8 Å². The van der Waals surface area contributed by atoms with Crippen LogP contribution in [0.1, 0.15) is 31.5 Å². The molecular weight excluding hydrogens is 274 g/mol. The Kier molecular flexibility index (Phi) is 3.95. The second-order valence-electron chi connectivity index (χ2n) is 6.38. The highest BCUT2D eigenvalue weighted by atomic mass is 16.5. The molecule has 2 aromatic rings. The molecule has 4 heteroatoms. The quantitative estimate of drug-likeness (QED) is 0.943. The van der Waals surface area contributed by atoms with E-state index in [1.807, 2.05) is 6.07 Å². The first-order valence-electron chi connectivity index (χ1n) is 8.35. The molecule has 1 saturated carbocycles. The van der Waals surface area contributed by atoms with Crippen molar-refractivity contribution < 1.29 is 4.74 Å². The molecule has 1 aromatic carbocycles. The number of ether oxygens (including phenoxy) is 1. The van der Waals surface area contributed by atoms with Gasteiger partial charge in [0.1, 0.15) is 12.4 Å². The lowest BCUT2D eigenvalue weighted by Gasteiger charge is -2.26. The van der Waals surface area contributed by atoms with Crippen molar-refractivity contribution in [2.75, 3.05) is 6.54 Å². The van der Waals surface area contributed by atoms with Crippen LogP contribution >= 0.6 is 0 Å². The Morgan fingerprint density at radius 1 is 1.18 bits per heavy atom. The van der Waals surface area contributed by atoms with Crippen LogP contribution in [-0.2, 0) is 17.9 Å². The molecule has 0 bridgehead atoms. The molecule has 2 heterocycles. The number of benzene rings is 1. The lowest BCUT2D eigenvalue weighted by Crippen LogP contribution is -2.39. The number of hydrogen-bond acceptors (Lipinski definition) is 3. The molecule has 116 valence electrons. The van der Waals surface area contributed by atoms with E-state index in [4.69, 9.17) is 9.72 Å². The Hall–Kier alpha value is -1.65. The van der Waals surface area contributed by atoms with Crippen LogP contribution in [-0.4, -0.2) is 28.2 Å². The van der Waals surface area contributed by atoms with Gasteiger partial charge in [-0.25, -0.2) is 4.98 Å². The highest BCUT2D eigenvalue weighted by Gasteiger charge is 2.23. The van der Waals surface area contributed by atoms with E-state index in [0.717, 1.165) is 24.6 Å². The molecule has 4 rings (SSSR count). The normalized spacial score (nSPS) is 21.9. The average molecular weight is 297 g/mol. The first kappa shape index (κ1) is 14.0. The molecule has 1 aliphatic carbocycles. The van der Waals surface area contributed by atoms with E-state index in [9.17, 15) is 0 Å². The molecule has 1 atom stereocenters. The molecule has 1 aliphatic heterocycles. The van der Waals surface area contributed by atoms with Crippen molar-refractivity contribution in [3.8, 4) is 11.3 Å². The highest BCUT2D eigenvalue weighted by molar-refractivity contribution is 5.58. The van der Waals surface area contributed by atoms with Crippen LogP contribution in [0, 0.1) is 0 Å². The van der Waals surface area contributed by atoms with Crippen LogP contribution in [0.25, 0.3) is 11.3 Å². The topological polar surface area (TPSA) is 39.1 Å². The van der Waals surface area contributed by atoms with Gasteiger partial charge in [0.05, 0.1) is 18.3 Å². The number of nitrogens with zero attached hydrogens (tertiary/aromatic N) is 2. The first-order valence-corrected chi connectivity index (χ1v) is 8.35. The summed E-state index contributed by atoms with van der Waals surface area (Å²) < 4.78 is 8.22. The first-order chi connectivity index (χ1) is 10.9. The molecule has 2 aliphatic rings. The molecular formula is C18H23N3O. The van der Waals surface area contributed by atoms with Crippen molar-refractivity contribution in [2.45, 2.75) is 51.0 Å². The number of fused-ring (bicyclic) bond motifs is 1. The summed E-state index contributed by atoms with van der Waals surface area (Å²) in [7, 11) is 0. The van der Waals surface area contributed by atoms with E-state index in [-0.39, 0.29) is 6.10 Å². The second kappa shape index (κ2) is 6.23. The maximum Gasteiger partial charge on any atom is 0.135 e. The van der Waals surface area contributed by atoms with Gasteiger partial charge in [-0.2, -0.15) is 0 Å². The summed E-state index contributed by atoms with van der Waals surface area (Å²) in [6.45, 7) is 2.46. The van der Waals surface area contributed by atoms with Gasteiger partial charge < -0.3 is 14.6 Å². The maximum atomic E-state index is 5.97. The third-order valence-electron chi connectivity index (χ3n) is 4.77. The molecule has 22 heavy (non-hydrogen) atoms. The van der Waals surface area contributed by atoms with Gasteiger partial charge in [0.2, 0.25) is 0 Å². The summed E-state index contributed by atoms with van der Waals surface area (Å²) >= 11 is 0. The molecule has 1 unspecified atom stereocenters. The van der Waals surface area contributed by atoms with Crippen LogP contribution in [0.2, 0.25) is 0 Å². The van der Waals surface area contributed by atoms with Crippen molar-refractivity contribution >= 4 is 0 Å². The summed E-state index contributed by atoms with van der Waals surface area (Å²) in [5, 5.41) is 3.66. The summed E-state index contributed by atoms with van der Waals surface area (Å²) in [6.07, 6.45) is 7.80. The Labute approximate surface area is 131 Å². The van der Waals surface area contributed by atoms with E-state index in [1.54, 1.807) is 0 Å². The van der Waals surface area contributed by atoms with E-state index in [2.05, 4.69) is 40.3 Å². The molecule has 1 aromatic heterocycles. The maximum absolute atomic E-state index is 5.97. The van der Waals surface area contributed by atoms with Crippen molar-refractivity contribution in [3.63, 3.8) is 0 Å². The molecule has 4 nitrogen and oxygen atoms in total. The van der Waals surface area contributed by atoms with Gasteiger partial charge >= 0.3 is 0 Å². The zero-order valence-corrected chi connectivity index (χ0v) is 12.9. The lowest BCUT2D eigenvalue weighted by molar-refractivity contribution is 0.00158. The Balaban J connectivity index is 1.41. The minimum atomic E-state index is 0.255. The van der Waals surface area contributed by atoms with Crippen molar-refractivity contribution in [2.24, 2.45) is 0 Å². The van der Waals surface area contributed by atoms with Crippen LogP contribution < -0.4 is 5.32 Å². The summed E-state index contributed by atoms with van der Waals surface area (Å²) in [4.78, 5) is 4.71. The fourth-order valence-corrected chi connectivity index (χ4v) is 3.49. The SMILES string of the molecule is c1ccc(-c2cn3c(n2)COC(CNC2CCCC2)C3)cc1. The monoisotopic (exact) mass is 297 g/mol. The summed E-state index contributed by atoms with van der Waals surface area (Å²) in [5.74, 6) is 1.04. The minimum Gasteiger partial charge on any atom is -0.367 e. The predicted octanol–water partition coefficient (Wildman–Crippen LogP) is 2.98. The second-order valence-corrected chi connectivity index (χ2v) is 6.38. The lowest BCUT2D eigenvalue weighted by atomic mass is 10.2. The van der Waals surface area contributed by atoms with Gasteiger partial charge in [-0.15, -0.1) is 0 Å². The van der Waals surface area contributed by atoms with Crippen LogP contribution in [0.5, 0.6) is 0 Å². The fraction of sp³-hybridized carbons (Fsp3) is 0.500. The van der Waals surface area contributed by atoms with Crippen LogP contribution in [0.15, 0.2) is 36.5 Å². The predicted molar refractivity (Wildman–Crippen MR) is 86.5 cm³/mol. The number of aromatic nitrogens is 2. The van der Waals surface area contributed by atoms with E-state index < -0.39 is 0 Å². The third kappa shape index (κ3) is 2.94. The minimum absolute atomic E-state index is 0.255. The van der Waals surface area contributed by atoms with Gasteiger partial charge in [-0.1, -0.05) is 43.2 Å². The van der Waals surface area contributed by atoms with Crippen molar-refractivity contribution in [1.29, 1.82) is 0 Å². The number of imidazole rings is 1. The van der Waals surface area contributed by atoms with E-state index in [1.165, 1.54) is 31.2 Å². The smallest absolute Gasteiger partial charge is 0.135 e. The summed E-state index contributed by atoms with van der Waals surface area (Å²) in [5.41, 5.74) is 2.22. The van der Waals surface area contributed by atoms with Gasteiger partial charge in [0, 0.05) is 24.3 Å². The third-order valence-corrected chi connectivity index (χ3v) is 4.77. The molecule has 0 spiro atoms. The molecule has 0 saturated heterocycles. The molecule has 1 N–H and O–H groups in total. The zero-order valence-electron chi connectivity index (χ0n) is 12.9. The van der Waals surface area contributed by atoms with Crippen molar-refractivity contribution in [3.05, 3.63) is 42.4 Å². The Bertz CT molecular complexity index is 617.